The first-order valence-electron chi connectivity index (χ1n) is 6.82. The summed E-state index contributed by atoms with van der Waals surface area (Å²) in [5, 5.41) is 7.02. The van der Waals surface area contributed by atoms with E-state index in [1.807, 2.05) is 0 Å². The number of piperazine rings is 1. The highest BCUT2D eigenvalue weighted by Gasteiger charge is 2.17. The fourth-order valence-corrected chi connectivity index (χ4v) is 2.21. The highest BCUT2D eigenvalue weighted by Crippen LogP contribution is 2.04. The van der Waals surface area contributed by atoms with Crippen molar-refractivity contribution in [3.05, 3.63) is 0 Å². The van der Waals surface area contributed by atoms with Crippen molar-refractivity contribution in [1.82, 2.24) is 15.5 Å². The molecule has 3 nitrogen and oxygen atoms in total. The Morgan fingerprint density at radius 3 is 2.88 bits per heavy atom. The lowest BCUT2D eigenvalue weighted by Crippen LogP contribution is -2.50. The summed E-state index contributed by atoms with van der Waals surface area (Å²) in [6.45, 7) is 10.4. The van der Waals surface area contributed by atoms with Gasteiger partial charge in [0.1, 0.15) is 0 Å². The molecule has 16 heavy (non-hydrogen) atoms. The predicted molar refractivity (Wildman–Crippen MR) is 70.8 cm³/mol. The SMILES string of the molecule is CC(C)CCCNCCC1CNCCN1C. The molecule has 1 aliphatic heterocycles. The minimum absolute atomic E-state index is 0.728. The quantitative estimate of drug-likeness (QED) is 0.642. The monoisotopic (exact) mass is 227 g/mol. The number of nitrogens with one attached hydrogen (secondary N) is 2. The van der Waals surface area contributed by atoms with E-state index in [-0.39, 0.29) is 0 Å². The third-order valence-electron chi connectivity index (χ3n) is 3.43. The first-order chi connectivity index (χ1) is 7.70. The zero-order valence-corrected chi connectivity index (χ0v) is 11.3. The van der Waals surface area contributed by atoms with Gasteiger partial charge in [-0.25, -0.2) is 0 Å². The first kappa shape index (κ1) is 13.9. The summed E-state index contributed by atoms with van der Waals surface area (Å²) in [5.74, 6) is 0.843. The molecule has 0 spiro atoms. The molecule has 2 N–H and O–H groups in total. The van der Waals surface area contributed by atoms with Crippen molar-refractivity contribution < 1.29 is 0 Å². The van der Waals surface area contributed by atoms with Crippen LogP contribution in [0.5, 0.6) is 0 Å². The standard InChI is InChI=1S/C13H29N3/c1-12(2)5-4-7-14-8-6-13-11-15-9-10-16(13)3/h12-15H,4-11H2,1-3H3. The molecule has 0 aromatic carbocycles. The maximum atomic E-state index is 3.55. The largest absolute Gasteiger partial charge is 0.317 e. The predicted octanol–water partition coefficient (Wildman–Crippen LogP) is 1.31. The van der Waals surface area contributed by atoms with Crippen LogP contribution in [0.2, 0.25) is 0 Å². The van der Waals surface area contributed by atoms with E-state index < -0.39 is 0 Å². The molecule has 96 valence electrons. The maximum absolute atomic E-state index is 3.55. The lowest BCUT2D eigenvalue weighted by atomic mass is 10.1. The molecule has 3 heteroatoms. The molecule has 0 saturated carbocycles. The van der Waals surface area contributed by atoms with Gasteiger partial charge in [0, 0.05) is 25.7 Å². The van der Waals surface area contributed by atoms with Crippen molar-refractivity contribution in [2.75, 3.05) is 39.8 Å². The van der Waals surface area contributed by atoms with Crippen LogP contribution in [0.25, 0.3) is 0 Å². The maximum Gasteiger partial charge on any atom is 0.0230 e. The normalized spacial score (nSPS) is 22.9. The van der Waals surface area contributed by atoms with Gasteiger partial charge in [0.15, 0.2) is 0 Å². The zero-order chi connectivity index (χ0) is 11.8. The van der Waals surface area contributed by atoms with Crippen molar-refractivity contribution in [3.8, 4) is 0 Å². The summed E-state index contributed by atoms with van der Waals surface area (Å²) in [5.41, 5.74) is 0. The van der Waals surface area contributed by atoms with Gasteiger partial charge in [-0.3, -0.25) is 0 Å². The van der Waals surface area contributed by atoms with Crippen LogP contribution in [0.3, 0.4) is 0 Å². The molecular weight excluding hydrogens is 198 g/mol. The molecule has 0 aliphatic carbocycles. The molecule has 0 bridgehead atoms. The molecule has 1 saturated heterocycles. The number of hydrogen-bond donors (Lipinski definition) is 2. The second kappa shape index (κ2) is 8.04. The second-order valence-corrected chi connectivity index (χ2v) is 5.41. The number of nitrogens with zero attached hydrogens (tertiary/aromatic N) is 1. The molecular formula is C13H29N3. The smallest absolute Gasteiger partial charge is 0.0230 e. The minimum Gasteiger partial charge on any atom is -0.317 e. The lowest BCUT2D eigenvalue weighted by molar-refractivity contribution is 0.189. The van der Waals surface area contributed by atoms with Gasteiger partial charge in [0.05, 0.1) is 0 Å². The third-order valence-corrected chi connectivity index (χ3v) is 3.43. The number of hydrogen-bond acceptors (Lipinski definition) is 3. The molecule has 1 heterocycles. The first-order valence-corrected chi connectivity index (χ1v) is 6.82. The van der Waals surface area contributed by atoms with Gasteiger partial charge in [-0.2, -0.15) is 0 Å². The average Bonchev–Trinajstić information content (AvgIpc) is 2.25. The average molecular weight is 227 g/mol. The summed E-state index contributed by atoms with van der Waals surface area (Å²) in [4.78, 5) is 2.48. The van der Waals surface area contributed by atoms with Crippen LogP contribution in [0, 0.1) is 5.92 Å². The van der Waals surface area contributed by atoms with Crippen LogP contribution < -0.4 is 10.6 Å². The lowest BCUT2D eigenvalue weighted by Gasteiger charge is -2.33. The summed E-state index contributed by atoms with van der Waals surface area (Å²) >= 11 is 0. The van der Waals surface area contributed by atoms with Crippen molar-refractivity contribution >= 4 is 0 Å². The van der Waals surface area contributed by atoms with Gasteiger partial charge in [0.2, 0.25) is 0 Å². The molecule has 0 radical (unpaired) electrons. The van der Waals surface area contributed by atoms with E-state index >= 15 is 0 Å². The molecule has 1 fully saturated rings. The fourth-order valence-electron chi connectivity index (χ4n) is 2.21. The highest BCUT2D eigenvalue weighted by molar-refractivity contribution is 4.77. The van der Waals surface area contributed by atoms with E-state index in [0.717, 1.165) is 31.6 Å². The van der Waals surface area contributed by atoms with Gasteiger partial charge < -0.3 is 15.5 Å². The van der Waals surface area contributed by atoms with E-state index in [9.17, 15) is 0 Å². The van der Waals surface area contributed by atoms with Crippen molar-refractivity contribution in [2.45, 2.75) is 39.2 Å². The molecule has 0 aromatic rings. The van der Waals surface area contributed by atoms with E-state index in [2.05, 4.69) is 36.4 Å². The van der Waals surface area contributed by atoms with Gasteiger partial charge in [-0.05, 0) is 45.3 Å². The molecule has 1 aliphatic rings. The fraction of sp³-hybridized carbons (Fsp3) is 1.00. The Labute approximate surface area is 101 Å². The zero-order valence-electron chi connectivity index (χ0n) is 11.3. The minimum atomic E-state index is 0.728. The Hall–Kier alpha value is -0.120. The van der Waals surface area contributed by atoms with Crippen molar-refractivity contribution in [1.29, 1.82) is 0 Å². The third kappa shape index (κ3) is 5.83. The second-order valence-electron chi connectivity index (χ2n) is 5.41. The van der Waals surface area contributed by atoms with Crippen molar-refractivity contribution in [2.24, 2.45) is 5.92 Å². The Kier molecular flexibility index (Phi) is 7.01. The van der Waals surface area contributed by atoms with Crippen LogP contribution in [-0.4, -0.2) is 50.7 Å². The summed E-state index contributed by atoms with van der Waals surface area (Å²) in [7, 11) is 2.24. The van der Waals surface area contributed by atoms with E-state index in [1.54, 1.807) is 0 Å². The van der Waals surface area contributed by atoms with Gasteiger partial charge in [0.25, 0.3) is 0 Å². The molecule has 1 rings (SSSR count). The van der Waals surface area contributed by atoms with Crippen LogP contribution in [0.15, 0.2) is 0 Å². The van der Waals surface area contributed by atoms with Gasteiger partial charge in [-0.1, -0.05) is 13.8 Å². The van der Waals surface area contributed by atoms with Crippen LogP contribution >= 0.6 is 0 Å². The topological polar surface area (TPSA) is 27.3 Å². The van der Waals surface area contributed by atoms with Gasteiger partial charge >= 0.3 is 0 Å². The molecule has 1 unspecified atom stereocenters. The Morgan fingerprint density at radius 1 is 1.38 bits per heavy atom. The van der Waals surface area contributed by atoms with Crippen LogP contribution in [-0.2, 0) is 0 Å². The molecule has 1 atom stereocenters. The Morgan fingerprint density at radius 2 is 2.19 bits per heavy atom. The van der Waals surface area contributed by atoms with E-state index in [4.69, 9.17) is 0 Å². The summed E-state index contributed by atoms with van der Waals surface area (Å²) < 4.78 is 0. The van der Waals surface area contributed by atoms with E-state index in [0.29, 0.717) is 0 Å². The molecule has 0 aromatic heterocycles. The number of likely N-dealkylation sites (N-methyl/N-ethyl adjacent to an activating group) is 1. The van der Waals surface area contributed by atoms with Crippen LogP contribution in [0.4, 0.5) is 0 Å². The number of rotatable bonds is 7. The van der Waals surface area contributed by atoms with Gasteiger partial charge in [-0.15, -0.1) is 0 Å². The summed E-state index contributed by atoms with van der Waals surface area (Å²) in [6, 6.07) is 0.728. The molecule has 0 amide bonds. The summed E-state index contributed by atoms with van der Waals surface area (Å²) in [6.07, 6.45) is 3.93. The Balaban J connectivity index is 1.94. The van der Waals surface area contributed by atoms with Crippen LogP contribution in [0.1, 0.15) is 33.1 Å². The Bertz CT molecular complexity index is 171. The van der Waals surface area contributed by atoms with Crippen molar-refractivity contribution in [3.63, 3.8) is 0 Å². The highest BCUT2D eigenvalue weighted by atomic mass is 15.2. The van der Waals surface area contributed by atoms with E-state index in [1.165, 1.54) is 32.4 Å².